The average molecular weight is 274 g/mol. The minimum Gasteiger partial charge on any atom is -0.497 e. The molecule has 2 aromatic rings. The van der Waals surface area contributed by atoms with Gasteiger partial charge < -0.3 is 14.9 Å². The van der Waals surface area contributed by atoms with Crippen LogP contribution in [-0.2, 0) is 0 Å². The quantitative estimate of drug-likeness (QED) is 0.907. The summed E-state index contributed by atoms with van der Waals surface area (Å²) in [5.74, 6) is 1.62. The Labute approximate surface area is 120 Å². The van der Waals surface area contributed by atoms with Gasteiger partial charge in [-0.15, -0.1) is 0 Å². The fourth-order valence-corrected chi connectivity index (χ4v) is 2.31. The van der Waals surface area contributed by atoms with Crippen molar-refractivity contribution in [2.24, 2.45) is 0 Å². The third kappa shape index (κ3) is 2.74. The SMILES string of the molecule is COc1ccc(C(C)Nn2c(C)ccc2C)c(OC)c1. The second kappa shape index (κ2) is 5.90. The van der Waals surface area contributed by atoms with E-state index in [1.165, 1.54) is 11.4 Å². The van der Waals surface area contributed by atoms with Crippen LogP contribution in [0.25, 0.3) is 0 Å². The van der Waals surface area contributed by atoms with Crippen LogP contribution in [0.4, 0.5) is 0 Å². The van der Waals surface area contributed by atoms with E-state index in [0.29, 0.717) is 0 Å². The van der Waals surface area contributed by atoms with Gasteiger partial charge in [0.1, 0.15) is 11.5 Å². The molecule has 2 rings (SSSR count). The van der Waals surface area contributed by atoms with Crippen LogP contribution in [0.3, 0.4) is 0 Å². The average Bonchev–Trinajstić information content (AvgIpc) is 2.78. The molecule has 108 valence electrons. The van der Waals surface area contributed by atoms with Crippen LogP contribution in [-0.4, -0.2) is 18.9 Å². The fourth-order valence-electron chi connectivity index (χ4n) is 2.31. The number of rotatable bonds is 5. The number of aryl methyl sites for hydroxylation is 2. The molecule has 1 N–H and O–H groups in total. The highest BCUT2D eigenvalue weighted by molar-refractivity contribution is 5.43. The van der Waals surface area contributed by atoms with Gasteiger partial charge in [-0.1, -0.05) is 0 Å². The summed E-state index contributed by atoms with van der Waals surface area (Å²) in [5.41, 5.74) is 6.95. The third-order valence-corrected chi connectivity index (χ3v) is 3.50. The number of hydrogen-bond acceptors (Lipinski definition) is 3. The molecule has 1 aromatic heterocycles. The maximum atomic E-state index is 5.46. The predicted octanol–water partition coefficient (Wildman–Crippen LogP) is 3.43. The van der Waals surface area contributed by atoms with Gasteiger partial charge in [-0.25, -0.2) is 0 Å². The van der Waals surface area contributed by atoms with E-state index < -0.39 is 0 Å². The van der Waals surface area contributed by atoms with Crippen molar-refractivity contribution in [3.8, 4) is 11.5 Å². The predicted molar refractivity (Wildman–Crippen MR) is 81.2 cm³/mol. The molecule has 0 saturated carbocycles. The van der Waals surface area contributed by atoms with Gasteiger partial charge in [0, 0.05) is 23.0 Å². The van der Waals surface area contributed by atoms with E-state index in [0.717, 1.165) is 17.1 Å². The van der Waals surface area contributed by atoms with E-state index >= 15 is 0 Å². The van der Waals surface area contributed by atoms with Crippen molar-refractivity contribution in [1.82, 2.24) is 4.68 Å². The molecule has 0 saturated heterocycles. The Balaban J connectivity index is 2.27. The lowest BCUT2D eigenvalue weighted by molar-refractivity contribution is 0.389. The molecule has 0 aliphatic rings. The first kappa shape index (κ1) is 14.3. The Kier molecular flexibility index (Phi) is 4.23. The first-order valence-electron chi connectivity index (χ1n) is 6.70. The first-order chi connectivity index (χ1) is 9.56. The third-order valence-electron chi connectivity index (χ3n) is 3.50. The van der Waals surface area contributed by atoms with Gasteiger partial charge in [0.2, 0.25) is 0 Å². The monoisotopic (exact) mass is 274 g/mol. The second-order valence-electron chi connectivity index (χ2n) is 4.91. The number of nitrogens with zero attached hydrogens (tertiary/aromatic N) is 1. The molecule has 1 atom stereocenters. The largest absolute Gasteiger partial charge is 0.497 e. The number of benzene rings is 1. The van der Waals surface area contributed by atoms with Crippen LogP contribution >= 0.6 is 0 Å². The molecule has 20 heavy (non-hydrogen) atoms. The maximum Gasteiger partial charge on any atom is 0.127 e. The molecule has 4 nitrogen and oxygen atoms in total. The van der Waals surface area contributed by atoms with Crippen LogP contribution < -0.4 is 14.9 Å². The highest BCUT2D eigenvalue weighted by atomic mass is 16.5. The van der Waals surface area contributed by atoms with Crippen molar-refractivity contribution < 1.29 is 9.47 Å². The van der Waals surface area contributed by atoms with Gasteiger partial charge in [-0.05, 0) is 45.0 Å². The van der Waals surface area contributed by atoms with E-state index in [4.69, 9.17) is 9.47 Å². The molecule has 0 aliphatic carbocycles. The lowest BCUT2D eigenvalue weighted by Crippen LogP contribution is -2.21. The summed E-state index contributed by atoms with van der Waals surface area (Å²) < 4.78 is 12.8. The molecule has 1 heterocycles. The van der Waals surface area contributed by atoms with E-state index in [2.05, 4.69) is 43.0 Å². The van der Waals surface area contributed by atoms with E-state index in [-0.39, 0.29) is 6.04 Å². The number of aromatic nitrogens is 1. The van der Waals surface area contributed by atoms with Crippen molar-refractivity contribution in [3.63, 3.8) is 0 Å². The van der Waals surface area contributed by atoms with Gasteiger partial charge in [-0.3, -0.25) is 4.68 Å². The molecule has 0 spiro atoms. The maximum absolute atomic E-state index is 5.46. The highest BCUT2D eigenvalue weighted by Crippen LogP contribution is 2.30. The highest BCUT2D eigenvalue weighted by Gasteiger charge is 2.13. The van der Waals surface area contributed by atoms with Crippen molar-refractivity contribution >= 4 is 0 Å². The summed E-state index contributed by atoms with van der Waals surface area (Å²) in [5, 5.41) is 0. The van der Waals surface area contributed by atoms with Gasteiger partial charge >= 0.3 is 0 Å². The lowest BCUT2D eigenvalue weighted by atomic mass is 10.1. The van der Waals surface area contributed by atoms with Crippen molar-refractivity contribution in [2.45, 2.75) is 26.8 Å². The van der Waals surface area contributed by atoms with E-state index in [1.54, 1.807) is 14.2 Å². The van der Waals surface area contributed by atoms with Crippen LogP contribution in [0.1, 0.15) is 29.9 Å². The van der Waals surface area contributed by atoms with Crippen molar-refractivity contribution in [1.29, 1.82) is 0 Å². The molecular weight excluding hydrogens is 252 g/mol. The van der Waals surface area contributed by atoms with Crippen LogP contribution in [0, 0.1) is 13.8 Å². The van der Waals surface area contributed by atoms with Gasteiger partial charge in [0.05, 0.1) is 20.3 Å². The van der Waals surface area contributed by atoms with Crippen molar-refractivity contribution in [2.75, 3.05) is 19.6 Å². The number of methoxy groups -OCH3 is 2. The molecule has 0 fully saturated rings. The molecule has 1 unspecified atom stereocenters. The Morgan fingerprint density at radius 1 is 1.00 bits per heavy atom. The Bertz CT molecular complexity index is 571. The van der Waals surface area contributed by atoms with Crippen LogP contribution in [0.15, 0.2) is 30.3 Å². The molecule has 0 bridgehead atoms. The first-order valence-corrected chi connectivity index (χ1v) is 6.70. The minimum absolute atomic E-state index is 0.126. The Hall–Kier alpha value is -2.10. The van der Waals surface area contributed by atoms with Crippen LogP contribution in [0.2, 0.25) is 0 Å². The number of ether oxygens (including phenoxy) is 2. The zero-order valence-corrected chi connectivity index (χ0v) is 12.7. The van der Waals surface area contributed by atoms with Gasteiger partial charge in [-0.2, -0.15) is 0 Å². The van der Waals surface area contributed by atoms with Gasteiger partial charge in [0.15, 0.2) is 0 Å². The summed E-state index contributed by atoms with van der Waals surface area (Å²) in [7, 11) is 3.33. The Morgan fingerprint density at radius 3 is 2.20 bits per heavy atom. The summed E-state index contributed by atoms with van der Waals surface area (Å²) in [6.07, 6.45) is 0. The van der Waals surface area contributed by atoms with Crippen LogP contribution in [0.5, 0.6) is 11.5 Å². The molecule has 0 radical (unpaired) electrons. The summed E-state index contributed by atoms with van der Waals surface area (Å²) in [4.78, 5) is 0. The lowest BCUT2D eigenvalue weighted by Gasteiger charge is -2.22. The molecule has 0 amide bonds. The molecule has 4 heteroatoms. The standard InChI is InChI=1S/C16H22N2O2/c1-11-6-7-12(2)18(11)17-13(3)15-9-8-14(19-4)10-16(15)20-5/h6-10,13,17H,1-5H3. The smallest absolute Gasteiger partial charge is 0.127 e. The Morgan fingerprint density at radius 2 is 1.65 bits per heavy atom. The normalized spacial score (nSPS) is 12.1. The van der Waals surface area contributed by atoms with E-state index in [9.17, 15) is 0 Å². The topological polar surface area (TPSA) is 35.4 Å². The summed E-state index contributed by atoms with van der Waals surface area (Å²) in [6.45, 7) is 6.28. The minimum atomic E-state index is 0.126. The van der Waals surface area contributed by atoms with E-state index in [1.807, 2.05) is 18.2 Å². The zero-order chi connectivity index (χ0) is 14.7. The number of nitrogens with one attached hydrogen (secondary N) is 1. The number of hydrogen-bond donors (Lipinski definition) is 1. The summed E-state index contributed by atoms with van der Waals surface area (Å²) in [6, 6.07) is 10.2. The molecule has 1 aromatic carbocycles. The molecule has 0 aliphatic heterocycles. The van der Waals surface area contributed by atoms with Gasteiger partial charge in [0.25, 0.3) is 0 Å². The zero-order valence-electron chi connectivity index (χ0n) is 12.7. The fraction of sp³-hybridized carbons (Fsp3) is 0.375. The summed E-state index contributed by atoms with van der Waals surface area (Å²) >= 11 is 0. The second-order valence-corrected chi connectivity index (χ2v) is 4.91. The molecular formula is C16H22N2O2. The van der Waals surface area contributed by atoms with Crippen molar-refractivity contribution in [3.05, 3.63) is 47.3 Å².